The Kier molecular flexibility index (Phi) is 3.27. The van der Waals surface area contributed by atoms with Gasteiger partial charge in [0.25, 0.3) is 0 Å². The van der Waals surface area contributed by atoms with E-state index in [1.54, 1.807) is 17.7 Å². The van der Waals surface area contributed by atoms with E-state index >= 15 is 0 Å². The zero-order chi connectivity index (χ0) is 14.2. The molecule has 5 nitrogen and oxygen atoms in total. The molecule has 2 N–H and O–H groups in total. The van der Waals surface area contributed by atoms with Crippen molar-refractivity contribution in [1.82, 2.24) is 20.2 Å². The van der Waals surface area contributed by atoms with Crippen LogP contribution in [0.3, 0.4) is 0 Å². The number of H-pyrrole nitrogens is 1. The van der Waals surface area contributed by atoms with Gasteiger partial charge in [0.1, 0.15) is 6.04 Å². The molecule has 0 aromatic carbocycles. The first-order valence-electron chi connectivity index (χ1n) is 7.40. The number of fused-ring (bicyclic) bond motifs is 1. The molecule has 0 radical (unpaired) electrons. The fourth-order valence-corrected chi connectivity index (χ4v) is 3.60. The molecule has 6 heteroatoms. The minimum Gasteiger partial charge on any atom is -0.348 e. The first-order valence-corrected chi connectivity index (χ1v) is 8.34. The van der Waals surface area contributed by atoms with Crippen molar-refractivity contribution in [1.29, 1.82) is 0 Å². The van der Waals surface area contributed by atoms with Crippen molar-refractivity contribution in [2.45, 2.75) is 37.9 Å². The van der Waals surface area contributed by atoms with E-state index in [0.29, 0.717) is 12.6 Å². The third-order valence-electron chi connectivity index (χ3n) is 4.20. The molecule has 1 atom stereocenters. The standard InChI is InChI=1S/C15H18N4OS/c20-15(14-13-12(3-5-16-14)17-9-18-13)19(11-1-2-11)7-10-4-6-21-8-10/h4,6,8-9,11,14,16H,1-3,5,7H2,(H,17,18). The van der Waals surface area contributed by atoms with E-state index in [1.165, 1.54) is 5.56 Å². The molecule has 1 fully saturated rings. The summed E-state index contributed by atoms with van der Waals surface area (Å²) in [5.41, 5.74) is 3.19. The van der Waals surface area contributed by atoms with Crippen molar-refractivity contribution in [2.24, 2.45) is 0 Å². The van der Waals surface area contributed by atoms with Gasteiger partial charge in [0.2, 0.25) is 5.91 Å². The Bertz CT molecular complexity index is 632. The van der Waals surface area contributed by atoms with Crippen LogP contribution in [-0.4, -0.2) is 33.4 Å². The Hall–Kier alpha value is -1.66. The van der Waals surface area contributed by atoms with Crippen LogP contribution in [-0.2, 0) is 17.8 Å². The van der Waals surface area contributed by atoms with Gasteiger partial charge >= 0.3 is 0 Å². The molecule has 1 saturated carbocycles. The summed E-state index contributed by atoms with van der Waals surface area (Å²) >= 11 is 1.68. The van der Waals surface area contributed by atoms with Gasteiger partial charge in [0, 0.05) is 31.2 Å². The van der Waals surface area contributed by atoms with E-state index in [4.69, 9.17) is 0 Å². The van der Waals surface area contributed by atoms with E-state index in [9.17, 15) is 4.79 Å². The largest absolute Gasteiger partial charge is 0.348 e. The van der Waals surface area contributed by atoms with Crippen LogP contribution >= 0.6 is 11.3 Å². The minimum absolute atomic E-state index is 0.164. The predicted octanol–water partition coefficient (Wildman–Crippen LogP) is 1.85. The zero-order valence-electron chi connectivity index (χ0n) is 11.7. The SMILES string of the molecule is O=C(C1NCCc2[nH]cnc21)N(Cc1ccsc1)C1CC1. The molecule has 3 heterocycles. The van der Waals surface area contributed by atoms with E-state index in [2.05, 4.69) is 32.1 Å². The number of hydrogen-bond acceptors (Lipinski definition) is 4. The van der Waals surface area contributed by atoms with Gasteiger partial charge in [0.15, 0.2) is 0 Å². The van der Waals surface area contributed by atoms with Gasteiger partial charge in [-0.25, -0.2) is 4.98 Å². The monoisotopic (exact) mass is 302 g/mol. The Morgan fingerprint density at radius 3 is 3.14 bits per heavy atom. The summed E-state index contributed by atoms with van der Waals surface area (Å²) in [6.07, 6.45) is 4.84. The highest BCUT2D eigenvalue weighted by molar-refractivity contribution is 7.07. The number of aromatic nitrogens is 2. The highest BCUT2D eigenvalue weighted by atomic mass is 32.1. The molecule has 1 unspecified atom stereocenters. The molecule has 4 rings (SSSR count). The van der Waals surface area contributed by atoms with E-state index in [1.807, 2.05) is 4.90 Å². The molecular formula is C15H18N4OS. The minimum atomic E-state index is -0.292. The molecule has 0 bridgehead atoms. The van der Waals surface area contributed by atoms with Gasteiger partial charge < -0.3 is 15.2 Å². The lowest BCUT2D eigenvalue weighted by Gasteiger charge is -2.29. The molecule has 110 valence electrons. The molecule has 2 aromatic rings. The number of carbonyl (C=O) groups excluding carboxylic acids is 1. The van der Waals surface area contributed by atoms with Crippen LogP contribution in [0.1, 0.15) is 35.8 Å². The summed E-state index contributed by atoms with van der Waals surface area (Å²) in [6.45, 7) is 1.54. The van der Waals surface area contributed by atoms with E-state index in [0.717, 1.165) is 37.2 Å². The lowest BCUT2D eigenvalue weighted by atomic mass is 10.0. The van der Waals surface area contributed by atoms with Crippen LogP contribution in [0.2, 0.25) is 0 Å². The second-order valence-electron chi connectivity index (χ2n) is 5.73. The fourth-order valence-electron chi connectivity index (χ4n) is 2.94. The van der Waals surface area contributed by atoms with E-state index < -0.39 is 0 Å². The van der Waals surface area contributed by atoms with Crippen molar-refractivity contribution in [3.05, 3.63) is 40.1 Å². The Morgan fingerprint density at radius 1 is 1.48 bits per heavy atom. The van der Waals surface area contributed by atoms with Crippen molar-refractivity contribution >= 4 is 17.2 Å². The number of nitrogens with zero attached hydrogens (tertiary/aromatic N) is 2. The predicted molar refractivity (Wildman–Crippen MR) is 80.9 cm³/mol. The first kappa shape index (κ1) is 13.0. The van der Waals surface area contributed by atoms with Gasteiger partial charge in [-0.3, -0.25) is 4.79 Å². The third kappa shape index (κ3) is 2.49. The summed E-state index contributed by atoms with van der Waals surface area (Å²) in [7, 11) is 0. The smallest absolute Gasteiger partial charge is 0.246 e. The second-order valence-corrected chi connectivity index (χ2v) is 6.51. The third-order valence-corrected chi connectivity index (χ3v) is 4.93. The number of hydrogen-bond donors (Lipinski definition) is 2. The summed E-state index contributed by atoms with van der Waals surface area (Å²) in [4.78, 5) is 22.5. The van der Waals surface area contributed by atoms with Gasteiger partial charge in [-0.15, -0.1) is 0 Å². The van der Waals surface area contributed by atoms with Gasteiger partial charge in [-0.05, 0) is 35.2 Å². The molecule has 0 saturated heterocycles. The van der Waals surface area contributed by atoms with Crippen LogP contribution in [0.15, 0.2) is 23.2 Å². The molecule has 2 aromatic heterocycles. The van der Waals surface area contributed by atoms with Gasteiger partial charge in [0.05, 0.1) is 12.0 Å². The maximum absolute atomic E-state index is 13.0. The lowest BCUT2D eigenvalue weighted by molar-refractivity contribution is -0.135. The summed E-state index contributed by atoms with van der Waals surface area (Å²) < 4.78 is 0. The zero-order valence-corrected chi connectivity index (χ0v) is 12.5. The quantitative estimate of drug-likeness (QED) is 0.906. The number of imidazole rings is 1. The topological polar surface area (TPSA) is 61.0 Å². The van der Waals surface area contributed by atoms with Crippen LogP contribution in [0.5, 0.6) is 0 Å². The van der Waals surface area contributed by atoms with Crippen LogP contribution in [0, 0.1) is 0 Å². The Labute approximate surface area is 127 Å². The Balaban J connectivity index is 1.58. The molecular weight excluding hydrogens is 284 g/mol. The van der Waals surface area contributed by atoms with Gasteiger partial charge in [-0.1, -0.05) is 0 Å². The molecule has 21 heavy (non-hydrogen) atoms. The molecule has 0 spiro atoms. The maximum atomic E-state index is 13.0. The van der Waals surface area contributed by atoms with Crippen LogP contribution in [0.25, 0.3) is 0 Å². The first-order chi connectivity index (χ1) is 10.3. The number of thiophene rings is 1. The molecule has 1 aliphatic carbocycles. The van der Waals surface area contributed by atoms with Crippen LogP contribution in [0.4, 0.5) is 0 Å². The number of amides is 1. The lowest BCUT2D eigenvalue weighted by Crippen LogP contribution is -2.44. The molecule has 2 aliphatic rings. The maximum Gasteiger partial charge on any atom is 0.246 e. The summed E-state index contributed by atoms with van der Waals surface area (Å²) in [5, 5.41) is 7.52. The van der Waals surface area contributed by atoms with Crippen molar-refractivity contribution in [3.8, 4) is 0 Å². The van der Waals surface area contributed by atoms with Crippen molar-refractivity contribution < 1.29 is 4.79 Å². The normalized spacial score (nSPS) is 21.0. The fraction of sp³-hybridized carbons (Fsp3) is 0.467. The number of carbonyl (C=O) groups is 1. The average Bonchev–Trinajstić information content (AvgIpc) is 3.02. The van der Waals surface area contributed by atoms with Crippen molar-refractivity contribution in [2.75, 3.05) is 6.54 Å². The van der Waals surface area contributed by atoms with E-state index in [-0.39, 0.29) is 11.9 Å². The van der Waals surface area contributed by atoms with Crippen molar-refractivity contribution in [3.63, 3.8) is 0 Å². The average molecular weight is 302 g/mol. The molecule has 1 aliphatic heterocycles. The summed E-state index contributed by atoms with van der Waals surface area (Å²) in [6, 6.07) is 2.21. The molecule has 1 amide bonds. The Morgan fingerprint density at radius 2 is 2.38 bits per heavy atom. The van der Waals surface area contributed by atoms with Crippen LogP contribution < -0.4 is 5.32 Å². The number of nitrogens with one attached hydrogen (secondary N) is 2. The second kappa shape index (κ2) is 5.27. The number of rotatable bonds is 4. The van der Waals surface area contributed by atoms with Gasteiger partial charge in [-0.2, -0.15) is 11.3 Å². The highest BCUT2D eigenvalue weighted by Gasteiger charge is 2.38. The summed E-state index contributed by atoms with van der Waals surface area (Å²) in [5.74, 6) is 0.164. The highest BCUT2D eigenvalue weighted by Crippen LogP contribution is 2.32. The number of aromatic amines is 1.